The molecule has 0 atom stereocenters. The van der Waals surface area contributed by atoms with Crippen molar-refractivity contribution in [3.05, 3.63) is 356 Å². The van der Waals surface area contributed by atoms with Crippen LogP contribution in [0.2, 0.25) is 0 Å². The van der Waals surface area contributed by atoms with Crippen molar-refractivity contribution in [1.82, 2.24) is 0 Å². The Balaban J connectivity index is 0.000000178. The lowest BCUT2D eigenvalue weighted by Gasteiger charge is -2.04. The summed E-state index contributed by atoms with van der Waals surface area (Å²) in [7, 11) is 0. The molecule has 12 aromatic rings. The number of hydrogen-bond donors (Lipinski definition) is 0. The summed E-state index contributed by atoms with van der Waals surface area (Å²) >= 11 is 0. The molecule has 428 valence electrons. The Morgan fingerprint density at radius 1 is 0.131 bits per heavy atom. The van der Waals surface area contributed by atoms with Crippen LogP contribution >= 0.6 is 0 Å². The predicted octanol–water partition coefficient (Wildman–Crippen LogP) is 24.1. The quantitative estimate of drug-likeness (QED) is 0.151. The summed E-state index contributed by atoms with van der Waals surface area (Å²) in [5.41, 5.74) is 26.5. The summed E-state index contributed by atoms with van der Waals surface area (Å²) in [4.78, 5) is 0. The van der Waals surface area contributed by atoms with Gasteiger partial charge in [-0.1, -0.05) is 356 Å². The molecular weight excluding hydrogens is 1010 g/mol. The van der Waals surface area contributed by atoms with Gasteiger partial charge >= 0.3 is 0 Å². The molecule has 0 fully saturated rings. The van der Waals surface area contributed by atoms with Crippen LogP contribution in [0.15, 0.2) is 267 Å². The first-order valence-electron chi connectivity index (χ1n) is 29.5. The molecule has 0 heterocycles. The van der Waals surface area contributed by atoms with Gasteiger partial charge in [0.05, 0.1) is 0 Å². The number of fused-ring (bicyclic) bond motifs is 3. The highest BCUT2D eigenvalue weighted by Gasteiger charge is 2.01. The highest BCUT2D eigenvalue weighted by molar-refractivity contribution is 6.07. The smallest absolute Gasteiger partial charge is 0.0105 e. The number of hydrogen-bond acceptors (Lipinski definition) is 0. The van der Waals surface area contributed by atoms with Crippen molar-refractivity contribution >= 4 is 21.5 Å². The Kier molecular flexibility index (Phi) is 27.1. The van der Waals surface area contributed by atoms with Gasteiger partial charge in [-0.3, -0.25) is 0 Å². The predicted molar refractivity (Wildman–Crippen MR) is 373 cm³/mol. The Bertz CT molecular complexity index is 3520. The molecule has 0 saturated heterocycles. The van der Waals surface area contributed by atoms with Gasteiger partial charge in [-0.05, 0) is 155 Å². The van der Waals surface area contributed by atoms with E-state index in [1.165, 1.54) is 133 Å². The molecule has 12 rings (SSSR count). The second kappa shape index (κ2) is 34.6. The van der Waals surface area contributed by atoms with Crippen LogP contribution < -0.4 is 0 Å². The van der Waals surface area contributed by atoms with Crippen LogP contribution in [0.1, 0.15) is 89.0 Å². The van der Waals surface area contributed by atoms with Gasteiger partial charge < -0.3 is 0 Å². The van der Waals surface area contributed by atoms with Gasteiger partial charge in [0.1, 0.15) is 0 Å². The first kappa shape index (κ1) is 66.0. The van der Waals surface area contributed by atoms with Crippen molar-refractivity contribution in [2.45, 2.75) is 111 Å². The van der Waals surface area contributed by atoms with Crippen molar-refractivity contribution in [3.8, 4) is 22.3 Å². The van der Waals surface area contributed by atoms with Crippen LogP contribution in [-0.2, 0) is 0 Å². The number of aryl methyl sites for hydroxylation is 16. The van der Waals surface area contributed by atoms with Gasteiger partial charge in [0, 0.05) is 0 Å². The van der Waals surface area contributed by atoms with Crippen LogP contribution in [0.5, 0.6) is 0 Å². The molecule has 0 aliphatic carbocycles. The maximum Gasteiger partial charge on any atom is -0.0105 e. The van der Waals surface area contributed by atoms with E-state index in [9.17, 15) is 0 Å². The molecule has 0 aromatic heterocycles. The summed E-state index contributed by atoms with van der Waals surface area (Å²) < 4.78 is 0. The van der Waals surface area contributed by atoms with Gasteiger partial charge in [-0.2, -0.15) is 0 Å². The van der Waals surface area contributed by atoms with Crippen LogP contribution in [0.3, 0.4) is 0 Å². The third kappa shape index (κ3) is 24.7. The highest BCUT2D eigenvalue weighted by atomic mass is 14.1. The lowest BCUT2D eigenvalue weighted by molar-refractivity contribution is 1.32. The molecular formula is C84H92. The van der Waals surface area contributed by atoms with Crippen molar-refractivity contribution in [3.63, 3.8) is 0 Å². The van der Waals surface area contributed by atoms with Crippen LogP contribution in [-0.4, -0.2) is 0 Å². The van der Waals surface area contributed by atoms with Crippen molar-refractivity contribution < 1.29 is 0 Å². The highest BCUT2D eigenvalue weighted by Crippen LogP contribution is 2.26. The van der Waals surface area contributed by atoms with E-state index in [4.69, 9.17) is 0 Å². The van der Waals surface area contributed by atoms with E-state index < -0.39 is 0 Å². The van der Waals surface area contributed by atoms with E-state index >= 15 is 0 Å². The molecule has 0 N–H and O–H groups in total. The molecule has 0 nitrogen and oxygen atoms in total. The summed E-state index contributed by atoms with van der Waals surface area (Å²) in [5, 5.41) is 5.33. The number of rotatable bonds is 2. The fourth-order valence-electron chi connectivity index (χ4n) is 9.77. The van der Waals surface area contributed by atoms with Gasteiger partial charge in [-0.15, -0.1) is 0 Å². The van der Waals surface area contributed by atoms with Crippen molar-refractivity contribution in [2.75, 3.05) is 0 Å². The molecule has 12 aromatic carbocycles. The van der Waals surface area contributed by atoms with Gasteiger partial charge in [0.25, 0.3) is 0 Å². The zero-order valence-corrected chi connectivity index (χ0v) is 53.4. The average molecular weight is 1100 g/mol. The van der Waals surface area contributed by atoms with Gasteiger partial charge in [0.2, 0.25) is 0 Å². The SMILES string of the molecule is Cc1cc(C)cc(-c2ccccc2)c1.Cc1cc(C)cc(-c2ccccc2)c1.Cc1cc(C)cc(C)c1.Cc1ccc(C)cc1.Cc1ccc(C)cc1.Cc1ccc2c(ccc3ccccc32)c1.Cc1cccc(C)c1.Cc1cccc(C)c1. The van der Waals surface area contributed by atoms with E-state index in [0.717, 1.165) is 0 Å². The Hall–Kier alpha value is -8.84. The minimum absolute atomic E-state index is 1.29. The minimum Gasteiger partial charge on any atom is -0.0622 e. The molecule has 0 heteroatoms. The van der Waals surface area contributed by atoms with Crippen LogP contribution in [0.4, 0.5) is 0 Å². The van der Waals surface area contributed by atoms with Gasteiger partial charge in [0.15, 0.2) is 0 Å². The van der Waals surface area contributed by atoms with E-state index in [2.05, 4.69) is 366 Å². The molecule has 0 spiro atoms. The lowest BCUT2D eigenvalue weighted by Crippen LogP contribution is -1.81. The first-order valence-corrected chi connectivity index (χ1v) is 29.5. The third-order valence-electron chi connectivity index (χ3n) is 13.7. The third-order valence-corrected chi connectivity index (χ3v) is 13.7. The molecule has 84 heavy (non-hydrogen) atoms. The Morgan fingerprint density at radius 3 is 0.702 bits per heavy atom. The molecule has 0 aliphatic rings. The summed E-state index contributed by atoms with van der Waals surface area (Å²) in [6.07, 6.45) is 0. The molecule has 0 aliphatic heterocycles. The summed E-state index contributed by atoms with van der Waals surface area (Å²) in [6, 6.07) is 94.3. The maximum atomic E-state index is 2.24. The van der Waals surface area contributed by atoms with E-state index in [0.29, 0.717) is 0 Å². The fourth-order valence-corrected chi connectivity index (χ4v) is 9.77. The summed E-state index contributed by atoms with van der Waals surface area (Å²) in [5.74, 6) is 0. The average Bonchev–Trinajstić information content (AvgIpc) is 2.91. The van der Waals surface area contributed by atoms with E-state index in [1.54, 1.807) is 0 Å². The monoisotopic (exact) mass is 1100 g/mol. The fraction of sp³-hybridized carbons (Fsp3) is 0.190. The Labute approximate surface area is 507 Å². The first-order chi connectivity index (χ1) is 40.2. The summed E-state index contributed by atoms with van der Waals surface area (Å²) in [6.45, 7) is 33.9. The second-order valence-corrected chi connectivity index (χ2v) is 22.8. The molecule has 0 radical (unpaired) electrons. The maximum absolute atomic E-state index is 2.24. The minimum atomic E-state index is 1.29. The lowest BCUT2D eigenvalue weighted by atomic mass is 10.0. The standard InChI is InChI=1S/C15H12.2C14H14.C9H12.4C8H10/c1-11-6-9-15-13(10-11)8-7-12-4-2-3-5-14(12)15;2*1-11-8-12(2)10-14(9-11)13-6-4-3-5-7-13;1-7-4-8(2)6-9(3)5-7;2*1-7-3-5-8(2)6-4-7;2*1-7-4-3-5-8(2)6-7/h2-10H,1H3;2*3-10H,1-2H3;4-6H,1-3H3;4*3-6H,1-2H3. The van der Waals surface area contributed by atoms with Crippen LogP contribution in [0, 0.1) is 111 Å². The van der Waals surface area contributed by atoms with E-state index in [1.807, 2.05) is 12.1 Å². The van der Waals surface area contributed by atoms with Crippen molar-refractivity contribution in [1.29, 1.82) is 0 Å². The Morgan fingerprint density at radius 2 is 0.381 bits per heavy atom. The molecule has 0 bridgehead atoms. The van der Waals surface area contributed by atoms with Crippen LogP contribution in [0.25, 0.3) is 43.8 Å². The largest absolute Gasteiger partial charge is 0.0622 e. The zero-order valence-electron chi connectivity index (χ0n) is 53.4. The topological polar surface area (TPSA) is 0 Å². The zero-order chi connectivity index (χ0) is 61.0. The van der Waals surface area contributed by atoms with E-state index in [-0.39, 0.29) is 0 Å². The molecule has 0 saturated carbocycles. The number of benzene rings is 12. The molecule has 0 amide bonds. The van der Waals surface area contributed by atoms with Gasteiger partial charge in [-0.25, -0.2) is 0 Å². The van der Waals surface area contributed by atoms with Crippen molar-refractivity contribution in [2.24, 2.45) is 0 Å². The molecule has 0 unspecified atom stereocenters. The second-order valence-electron chi connectivity index (χ2n) is 22.8. The normalized spacial score (nSPS) is 9.90.